The minimum Gasteiger partial charge on any atom is -0.437 e. The number of nitrogens with one attached hydrogen (secondary N) is 1. The van der Waals surface area contributed by atoms with E-state index in [0.29, 0.717) is 0 Å². The van der Waals surface area contributed by atoms with Crippen LogP contribution >= 0.6 is 0 Å². The van der Waals surface area contributed by atoms with Crippen LogP contribution in [0.1, 0.15) is 1.37 Å². The molecule has 0 bridgehead atoms. The molecular formula is C3H11BN2O. The van der Waals surface area contributed by atoms with Gasteiger partial charge in [-0.25, -0.2) is 0 Å². The molecule has 0 aromatic heterocycles. The van der Waals surface area contributed by atoms with E-state index in [4.69, 9.17) is 6.39 Å². The SMILES string of the molecule is [2H]CN(C)NB(C)O. The van der Waals surface area contributed by atoms with E-state index < -0.39 is 7.05 Å². The third kappa shape index (κ3) is 5.94. The molecule has 0 fully saturated rings. The molecule has 2 N–H and O–H groups in total. The number of nitrogens with zero attached hydrogens (tertiary/aromatic N) is 1. The lowest BCUT2D eigenvalue weighted by Crippen LogP contribution is -2.41. The summed E-state index contributed by atoms with van der Waals surface area (Å²) in [4.78, 5) is 0. The van der Waals surface area contributed by atoms with Gasteiger partial charge in [0.15, 0.2) is 0 Å². The van der Waals surface area contributed by atoms with Crippen molar-refractivity contribution in [2.75, 3.05) is 14.1 Å². The largest absolute Gasteiger partial charge is 0.437 e. The molecule has 4 heteroatoms. The quantitative estimate of drug-likeness (QED) is 0.353. The summed E-state index contributed by atoms with van der Waals surface area (Å²) in [6.45, 7) is 1.60. The highest BCUT2D eigenvalue weighted by atomic mass is 16.2. The van der Waals surface area contributed by atoms with E-state index in [-0.39, 0.29) is 7.02 Å². The third-order valence-corrected chi connectivity index (χ3v) is 0.407. The van der Waals surface area contributed by atoms with Gasteiger partial charge in [0, 0.05) is 15.4 Å². The fourth-order valence-electron chi connectivity index (χ4n) is 0.319. The van der Waals surface area contributed by atoms with Crippen molar-refractivity contribution in [3.8, 4) is 0 Å². The zero-order valence-corrected chi connectivity index (χ0v) is 4.68. The van der Waals surface area contributed by atoms with Crippen LogP contribution in [-0.4, -0.2) is 31.2 Å². The maximum atomic E-state index is 8.62. The van der Waals surface area contributed by atoms with Gasteiger partial charge in [-0.3, -0.25) is 10.3 Å². The smallest absolute Gasteiger partial charge is 0.387 e. The van der Waals surface area contributed by atoms with Gasteiger partial charge in [0.2, 0.25) is 0 Å². The van der Waals surface area contributed by atoms with E-state index in [9.17, 15) is 0 Å². The van der Waals surface area contributed by atoms with E-state index in [1.165, 1.54) is 5.01 Å². The Morgan fingerprint density at radius 1 is 2.00 bits per heavy atom. The second kappa shape index (κ2) is 3.01. The molecule has 0 aromatic carbocycles. The predicted octanol–water partition coefficient (Wildman–Crippen LogP) is -0.837. The lowest BCUT2D eigenvalue weighted by molar-refractivity contribution is 0.341. The van der Waals surface area contributed by atoms with Gasteiger partial charge >= 0.3 is 7.05 Å². The van der Waals surface area contributed by atoms with Crippen molar-refractivity contribution in [1.29, 1.82) is 0 Å². The molecule has 0 saturated carbocycles. The van der Waals surface area contributed by atoms with Crippen molar-refractivity contribution in [1.82, 2.24) is 10.3 Å². The van der Waals surface area contributed by atoms with Gasteiger partial charge in [0.05, 0.1) is 0 Å². The van der Waals surface area contributed by atoms with Crippen LogP contribution in [-0.2, 0) is 0 Å². The molecule has 0 unspecified atom stereocenters. The lowest BCUT2D eigenvalue weighted by atomic mass is 9.91. The Bertz CT molecular complexity index is 63.2. The summed E-state index contributed by atoms with van der Waals surface area (Å²) < 4.78 is 6.75. The van der Waals surface area contributed by atoms with Crippen molar-refractivity contribution in [2.24, 2.45) is 0 Å². The van der Waals surface area contributed by atoms with E-state index >= 15 is 0 Å². The van der Waals surface area contributed by atoms with Gasteiger partial charge in [-0.05, 0) is 6.82 Å². The van der Waals surface area contributed by atoms with Crippen LogP contribution in [0.2, 0.25) is 6.82 Å². The molecule has 0 amide bonds. The average Bonchev–Trinajstić information content (AvgIpc) is 1.65. The summed E-state index contributed by atoms with van der Waals surface area (Å²) in [6.07, 6.45) is 0. The summed E-state index contributed by atoms with van der Waals surface area (Å²) in [7, 11) is 1.27. The van der Waals surface area contributed by atoms with Crippen molar-refractivity contribution in [3.63, 3.8) is 0 Å². The van der Waals surface area contributed by atoms with Crippen LogP contribution in [0.3, 0.4) is 0 Å². The normalized spacial score (nSPS) is 11.7. The number of hydrogen-bond acceptors (Lipinski definition) is 3. The van der Waals surface area contributed by atoms with Crippen molar-refractivity contribution >= 4 is 7.05 Å². The molecule has 7 heavy (non-hydrogen) atoms. The van der Waals surface area contributed by atoms with Gasteiger partial charge in [-0.15, -0.1) is 0 Å². The zero-order valence-electron chi connectivity index (χ0n) is 5.68. The van der Waals surface area contributed by atoms with Gasteiger partial charge in [-0.2, -0.15) is 0 Å². The Morgan fingerprint density at radius 2 is 2.57 bits per heavy atom. The molecule has 0 radical (unpaired) electrons. The number of hydrazine groups is 1. The molecule has 0 aliphatic heterocycles. The maximum Gasteiger partial charge on any atom is 0.387 e. The van der Waals surface area contributed by atoms with Crippen molar-refractivity contribution in [2.45, 2.75) is 6.82 Å². The van der Waals surface area contributed by atoms with Crippen LogP contribution in [0.25, 0.3) is 0 Å². The second-order valence-corrected chi connectivity index (χ2v) is 1.50. The molecule has 0 atom stereocenters. The fourth-order valence-corrected chi connectivity index (χ4v) is 0.319. The van der Waals surface area contributed by atoms with Crippen molar-refractivity contribution < 1.29 is 6.39 Å². The average molecular weight is 103 g/mol. The Hall–Kier alpha value is -0.0551. The first-order chi connectivity index (χ1) is 3.66. The first kappa shape index (κ1) is 5.09. The standard InChI is InChI=1S/C3H11BN2O/c1-4(7)5-6(2)3/h5,7H,1-3H3/i2D. The first-order valence-corrected chi connectivity index (χ1v) is 2.11. The summed E-state index contributed by atoms with van der Waals surface area (Å²) in [6, 6.07) is 0. The topological polar surface area (TPSA) is 35.5 Å². The van der Waals surface area contributed by atoms with E-state index in [1.54, 1.807) is 13.9 Å². The van der Waals surface area contributed by atoms with Crippen LogP contribution in [0.5, 0.6) is 0 Å². The minimum atomic E-state index is -0.564. The van der Waals surface area contributed by atoms with Crippen LogP contribution in [0, 0.1) is 0 Å². The highest BCUT2D eigenvalue weighted by Gasteiger charge is 1.99. The molecule has 0 saturated heterocycles. The Morgan fingerprint density at radius 3 is 2.71 bits per heavy atom. The van der Waals surface area contributed by atoms with Crippen molar-refractivity contribution in [3.05, 3.63) is 0 Å². The lowest BCUT2D eigenvalue weighted by Gasteiger charge is -2.10. The number of hydrogen-bond donors (Lipinski definition) is 2. The predicted molar refractivity (Wildman–Crippen MR) is 30.7 cm³/mol. The van der Waals surface area contributed by atoms with Gasteiger partial charge in [-0.1, -0.05) is 0 Å². The molecule has 42 valence electrons. The summed E-state index contributed by atoms with van der Waals surface area (Å²) in [5.74, 6) is 0. The molecule has 0 heterocycles. The van der Waals surface area contributed by atoms with E-state index in [1.807, 2.05) is 0 Å². The third-order valence-electron chi connectivity index (χ3n) is 0.407. The highest BCUT2D eigenvalue weighted by molar-refractivity contribution is 6.45. The summed E-state index contributed by atoms with van der Waals surface area (Å²) in [5.41, 5.74) is 0. The summed E-state index contributed by atoms with van der Waals surface area (Å²) in [5, 5.41) is 12.7. The van der Waals surface area contributed by atoms with Crippen LogP contribution < -0.4 is 5.34 Å². The highest BCUT2D eigenvalue weighted by Crippen LogP contribution is 1.65. The Labute approximate surface area is 45.8 Å². The van der Waals surface area contributed by atoms with Crippen LogP contribution in [0.15, 0.2) is 0 Å². The molecule has 3 nitrogen and oxygen atoms in total. The molecular weight excluding hydrogens is 90.9 g/mol. The Kier molecular flexibility index (Phi) is 2.19. The monoisotopic (exact) mass is 103 g/mol. The zero-order chi connectivity index (χ0) is 6.57. The maximum absolute atomic E-state index is 8.62. The fraction of sp³-hybridized carbons (Fsp3) is 1.00. The van der Waals surface area contributed by atoms with E-state index in [0.717, 1.165) is 0 Å². The van der Waals surface area contributed by atoms with Crippen LogP contribution in [0.4, 0.5) is 0 Å². The number of rotatable bonds is 2. The summed E-state index contributed by atoms with van der Waals surface area (Å²) >= 11 is 0. The Balaban J connectivity index is 3.10. The second-order valence-electron chi connectivity index (χ2n) is 1.50. The van der Waals surface area contributed by atoms with Gasteiger partial charge in [0.25, 0.3) is 0 Å². The van der Waals surface area contributed by atoms with Gasteiger partial charge < -0.3 is 5.02 Å². The van der Waals surface area contributed by atoms with E-state index in [2.05, 4.69) is 5.34 Å². The minimum absolute atomic E-state index is 0.144. The molecule has 0 aliphatic rings. The first-order valence-electron chi connectivity index (χ1n) is 2.82. The van der Waals surface area contributed by atoms with Gasteiger partial charge in [0.1, 0.15) is 0 Å². The molecule has 0 aliphatic carbocycles. The molecule has 0 aromatic rings. The molecule has 0 rings (SSSR count). The molecule has 0 spiro atoms.